The maximum absolute atomic E-state index is 10.4. The molecule has 0 amide bonds. The van der Waals surface area contributed by atoms with E-state index in [0.29, 0.717) is 6.61 Å². The van der Waals surface area contributed by atoms with Crippen molar-refractivity contribution in [3.63, 3.8) is 0 Å². The quantitative estimate of drug-likeness (QED) is 0.693. The van der Waals surface area contributed by atoms with Gasteiger partial charge in [0, 0.05) is 9.58 Å². The highest BCUT2D eigenvalue weighted by molar-refractivity contribution is 7.22. The van der Waals surface area contributed by atoms with Crippen molar-refractivity contribution in [3.05, 3.63) is 60.2 Å². The van der Waals surface area contributed by atoms with E-state index in [-0.39, 0.29) is 6.61 Å². The number of carboxylic acids is 1. The van der Waals surface area contributed by atoms with E-state index < -0.39 is 5.97 Å². The van der Waals surface area contributed by atoms with Gasteiger partial charge in [-0.3, -0.25) is 0 Å². The molecular formula is C18H16O3S. The molecule has 0 spiro atoms. The number of hydrogen-bond acceptors (Lipinski definition) is 3. The zero-order valence-corrected chi connectivity index (χ0v) is 12.8. The smallest absolute Gasteiger partial charge is 0.329 e. The van der Waals surface area contributed by atoms with E-state index in [1.165, 1.54) is 20.5 Å². The van der Waals surface area contributed by atoms with E-state index in [1.54, 1.807) is 11.3 Å². The third kappa shape index (κ3) is 3.53. The second kappa shape index (κ2) is 6.73. The van der Waals surface area contributed by atoms with Crippen LogP contribution in [0.1, 0.15) is 5.56 Å². The van der Waals surface area contributed by atoms with Crippen LogP contribution in [0.2, 0.25) is 0 Å². The number of fused-ring (bicyclic) bond motifs is 1. The van der Waals surface area contributed by atoms with E-state index in [2.05, 4.69) is 36.4 Å². The molecule has 3 nitrogen and oxygen atoms in total. The molecule has 1 N–H and O–H groups in total. The molecule has 3 rings (SSSR count). The molecular weight excluding hydrogens is 296 g/mol. The number of carbonyl (C=O) groups is 1. The molecule has 0 atom stereocenters. The molecule has 2 aromatic carbocycles. The molecule has 0 saturated carbocycles. The fraction of sp³-hybridized carbons (Fsp3) is 0.167. The third-order valence-electron chi connectivity index (χ3n) is 3.40. The number of ether oxygens (including phenoxy) is 1. The van der Waals surface area contributed by atoms with Crippen molar-refractivity contribution >= 4 is 27.4 Å². The monoisotopic (exact) mass is 312 g/mol. The molecule has 4 heteroatoms. The number of thiophene rings is 1. The fourth-order valence-corrected chi connectivity index (χ4v) is 3.39. The highest BCUT2D eigenvalue weighted by Gasteiger charge is 2.05. The summed E-state index contributed by atoms with van der Waals surface area (Å²) in [5.41, 5.74) is 2.39. The Hall–Kier alpha value is -2.17. The van der Waals surface area contributed by atoms with Crippen molar-refractivity contribution in [2.45, 2.75) is 6.42 Å². The average Bonchev–Trinajstić information content (AvgIpc) is 2.95. The largest absolute Gasteiger partial charge is 0.480 e. The van der Waals surface area contributed by atoms with Gasteiger partial charge in [0.1, 0.15) is 6.61 Å². The second-order valence-electron chi connectivity index (χ2n) is 5.05. The Labute approximate surface area is 132 Å². The minimum atomic E-state index is -0.930. The van der Waals surface area contributed by atoms with Crippen molar-refractivity contribution in [2.24, 2.45) is 0 Å². The summed E-state index contributed by atoms with van der Waals surface area (Å²) in [5, 5.41) is 9.76. The van der Waals surface area contributed by atoms with Crippen LogP contribution < -0.4 is 0 Å². The molecule has 0 fully saturated rings. The number of carboxylic acid groups (broad SMARTS) is 1. The molecule has 0 unspecified atom stereocenters. The maximum atomic E-state index is 10.4. The van der Waals surface area contributed by atoms with Crippen LogP contribution in [0.4, 0.5) is 0 Å². The molecule has 0 aliphatic heterocycles. The lowest BCUT2D eigenvalue weighted by Crippen LogP contribution is -2.08. The van der Waals surface area contributed by atoms with Gasteiger partial charge in [0.2, 0.25) is 0 Å². The normalized spacial score (nSPS) is 10.9. The molecule has 22 heavy (non-hydrogen) atoms. The van der Waals surface area contributed by atoms with Gasteiger partial charge in [-0.1, -0.05) is 42.5 Å². The first-order valence-electron chi connectivity index (χ1n) is 7.10. The van der Waals surface area contributed by atoms with Crippen LogP contribution >= 0.6 is 11.3 Å². The summed E-state index contributed by atoms with van der Waals surface area (Å²) >= 11 is 1.78. The van der Waals surface area contributed by atoms with Gasteiger partial charge in [-0.25, -0.2) is 4.79 Å². The van der Waals surface area contributed by atoms with Crippen LogP contribution in [0.5, 0.6) is 0 Å². The molecule has 1 heterocycles. The Morgan fingerprint density at radius 1 is 1.09 bits per heavy atom. The number of benzene rings is 2. The summed E-state index contributed by atoms with van der Waals surface area (Å²) in [4.78, 5) is 11.7. The molecule has 0 saturated heterocycles. The van der Waals surface area contributed by atoms with Crippen LogP contribution in [0.15, 0.2) is 54.6 Å². The van der Waals surface area contributed by atoms with Crippen LogP contribution in [0, 0.1) is 0 Å². The number of rotatable bonds is 6. The van der Waals surface area contributed by atoms with Gasteiger partial charge >= 0.3 is 5.97 Å². The molecule has 0 aliphatic carbocycles. The summed E-state index contributed by atoms with van der Waals surface area (Å²) in [6, 6.07) is 18.9. The minimum absolute atomic E-state index is 0.237. The van der Waals surface area contributed by atoms with E-state index in [0.717, 1.165) is 12.0 Å². The minimum Gasteiger partial charge on any atom is -0.480 e. The third-order valence-corrected chi connectivity index (χ3v) is 4.56. The molecule has 112 valence electrons. The molecule has 3 aromatic rings. The summed E-state index contributed by atoms with van der Waals surface area (Å²) < 4.78 is 6.35. The Morgan fingerprint density at radius 3 is 2.68 bits per heavy atom. The highest BCUT2D eigenvalue weighted by atomic mass is 32.1. The van der Waals surface area contributed by atoms with Gasteiger partial charge in [-0.05, 0) is 35.1 Å². The predicted molar refractivity (Wildman–Crippen MR) is 89.4 cm³/mol. The van der Waals surface area contributed by atoms with E-state index in [1.807, 2.05) is 18.2 Å². The first-order valence-corrected chi connectivity index (χ1v) is 7.91. The summed E-state index contributed by atoms with van der Waals surface area (Å²) in [6.07, 6.45) is 0.722. The lowest BCUT2D eigenvalue weighted by molar-refractivity contribution is -0.142. The Kier molecular flexibility index (Phi) is 4.51. The van der Waals surface area contributed by atoms with Gasteiger partial charge < -0.3 is 9.84 Å². The van der Waals surface area contributed by atoms with Crippen molar-refractivity contribution < 1.29 is 14.6 Å². The van der Waals surface area contributed by atoms with Gasteiger partial charge in [0.05, 0.1) is 6.61 Å². The van der Waals surface area contributed by atoms with Crippen molar-refractivity contribution in [3.8, 4) is 10.4 Å². The molecule has 1 aromatic heterocycles. The predicted octanol–water partition coefficient (Wildman–Crippen LogP) is 4.21. The summed E-state index contributed by atoms with van der Waals surface area (Å²) in [5.74, 6) is -0.930. The summed E-state index contributed by atoms with van der Waals surface area (Å²) in [6.45, 7) is 0.187. The Bertz CT molecular complexity index is 777. The van der Waals surface area contributed by atoms with Gasteiger partial charge in [-0.15, -0.1) is 11.3 Å². The van der Waals surface area contributed by atoms with Crippen LogP contribution in [0.25, 0.3) is 20.5 Å². The number of hydrogen-bond donors (Lipinski definition) is 1. The Morgan fingerprint density at radius 2 is 1.91 bits per heavy atom. The van der Waals surface area contributed by atoms with Crippen LogP contribution in [-0.4, -0.2) is 24.3 Å². The van der Waals surface area contributed by atoms with Crippen molar-refractivity contribution in [1.29, 1.82) is 0 Å². The number of aliphatic carboxylic acids is 1. The topological polar surface area (TPSA) is 46.5 Å². The lowest BCUT2D eigenvalue weighted by atomic mass is 10.1. The van der Waals surface area contributed by atoms with Gasteiger partial charge in [-0.2, -0.15) is 0 Å². The van der Waals surface area contributed by atoms with E-state index in [9.17, 15) is 4.79 Å². The lowest BCUT2D eigenvalue weighted by Gasteiger charge is -2.02. The van der Waals surface area contributed by atoms with Gasteiger partial charge in [0.25, 0.3) is 0 Å². The molecule has 0 aliphatic rings. The molecule has 0 bridgehead atoms. The van der Waals surface area contributed by atoms with Gasteiger partial charge in [0.15, 0.2) is 0 Å². The first kappa shape index (κ1) is 14.8. The zero-order valence-electron chi connectivity index (χ0n) is 12.0. The zero-order chi connectivity index (χ0) is 15.4. The summed E-state index contributed by atoms with van der Waals surface area (Å²) in [7, 11) is 0. The van der Waals surface area contributed by atoms with E-state index in [4.69, 9.17) is 9.84 Å². The second-order valence-corrected chi connectivity index (χ2v) is 6.13. The van der Waals surface area contributed by atoms with E-state index >= 15 is 0 Å². The van der Waals surface area contributed by atoms with Crippen molar-refractivity contribution in [2.75, 3.05) is 13.2 Å². The highest BCUT2D eigenvalue weighted by Crippen LogP contribution is 2.33. The SMILES string of the molecule is O=C(O)COCCc1ccc2sc(-c3ccccc3)cc2c1. The standard InChI is InChI=1S/C18H16O3S/c19-18(20)12-21-9-8-13-6-7-16-15(10-13)11-17(22-16)14-4-2-1-3-5-14/h1-7,10-11H,8-9,12H2,(H,19,20). The Balaban J connectivity index is 1.74. The van der Waals surface area contributed by atoms with Crippen LogP contribution in [0.3, 0.4) is 0 Å². The maximum Gasteiger partial charge on any atom is 0.329 e. The average molecular weight is 312 g/mol. The first-order chi connectivity index (χ1) is 10.7. The van der Waals surface area contributed by atoms with Crippen LogP contribution in [-0.2, 0) is 16.0 Å². The molecule has 0 radical (unpaired) electrons. The fourth-order valence-electron chi connectivity index (χ4n) is 2.34. The van der Waals surface area contributed by atoms with Crippen molar-refractivity contribution in [1.82, 2.24) is 0 Å².